The van der Waals surface area contributed by atoms with Crippen LogP contribution in [0.1, 0.15) is 46.3 Å². The monoisotopic (exact) mass is 430 g/mol. The Balaban J connectivity index is 1.26. The van der Waals surface area contributed by atoms with Crippen molar-refractivity contribution in [2.24, 2.45) is 0 Å². The third kappa shape index (κ3) is 6.14. The molecular weight excluding hydrogens is 400 g/mol. The van der Waals surface area contributed by atoms with Gasteiger partial charge in [0.2, 0.25) is 0 Å². The van der Waals surface area contributed by atoms with Crippen LogP contribution in [0, 0.1) is 6.92 Å². The number of benzene rings is 3. The molecule has 0 atom stereocenters. The highest BCUT2D eigenvalue weighted by Crippen LogP contribution is 2.23. The van der Waals surface area contributed by atoms with Crippen molar-refractivity contribution < 1.29 is 4.79 Å². The molecule has 0 spiro atoms. The maximum absolute atomic E-state index is 12.5. The van der Waals surface area contributed by atoms with E-state index in [0.717, 1.165) is 24.4 Å². The summed E-state index contributed by atoms with van der Waals surface area (Å²) >= 11 is 1.81. The minimum atomic E-state index is -0.0298. The lowest BCUT2D eigenvalue weighted by Crippen LogP contribution is -2.29. The molecule has 3 aromatic rings. The molecule has 3 nitrogen and oxygen atoms in total. The molecule has 0 unspecified atom stereocenters. The lowest BCUT2D eigenvalue weighted by Gasteiger charge is -2.28. The summed E-state index contributed by atoms with van der Waals surface area (Å²) in [5, 5.41) is 3.04. The number of thioether (sulfide) groups is 1. The molecule has 0 aromatic heterocycles. The van der Waals surface area contributed by atoms with Gasteiger partial charge in [-0.15, -0.1) is 11.8 Å². The van der Waals surface area contributed by atoms with Gasteiger partial charge in [-0.05, 0) is 73.7 Å². The minimum Gasteiger partial charge on any atom is -0.372 e. The predicted molar refractivity (Wildman–Crippen MR) is 131 cm³/mol. The van der Waals surface area contributed by atoms with Crippen LogP contribution in [0.5, 0.6) is 0 Å². The maximum atomic E-state index is 12.5. The highest BCUT2D eigenvalue weighted by atomic mass is 32.2. The average molecular weight is 431 g/mol. The fourth-order valence-corrected chi connectivity index (χ4v) is 4.67. The van der Waals surface area contributed by atoms with Gasteiger partial charge in [-0.3, -0.25) is 4.79 Å². The van der Waals surface area contributed by atoms with E-state index in [0.29, 0.717) is 12.1 Å². The first-order valence-electron chi connectivity index (χ1n) is 11.1. The number of piperidine rings is 1. The lowest BCUT2D eigenvalue weighted by atomic mass is 10.1. The number of nitrogens with one attached hydrogen (secondary N) is 1. The number of hydrogen-bond acceptors (Lipinski definition) is 3. The summed E-state index contributed by atoms with van der Waals surface area (Å²) < 4.78 is 0. The molecule has 1 fully saturated rings. The van der Waals surface area contributed by atoms with Crippen LogP contribution in [0.3, 0.4) is 0 Å². The average Bonchev–Trinajstić information content (AvgIpc) is 2.83. The van der Waals surface area contributed by atoms with Gasteiger partial charge in [0.05, 0.1) is 0 Å². The molecule has 1 heterocycles. The Morgan fingerprint density at radius 2 is 1.48 bits per heavy atom. The van der Waals surface area contributed by atoms with Gasteiger partial charge in [-0.1, -0.05) is 42.0 Å². The first-order valence-corrected chi connectivity index (χ1v) is 12.1. The molecule has 31 heavy (non-hydrogen) atoms. The number of carbonyl (C=O) groups excluding carboxylic acids is 1. The Labute approximate surface area is 189 Å². The zero-order chi connectivity index (χ0) is 21.5. The van der Waals surface area contributed by atoms with Crippen LogP contribution < -0.4 is 10.2 Å². The first-order chi connectivity index (χ1) is 15.2. The smallest absolute Gasteiger partial charge is 0.251 e. The largest absolute Gasteiger partial charge is 0.372 e. The van der Waals surface area contributed by atoms with Gasteiger partial charge in [-0.25, -0.2) is 0 Å². The van der Waals surface area contributed by atoms with Gasteiger partial charge in [0.1, 0.15) is 0 Å². The fourth-order valence-electron chi connectivity index (χ4n) is 3.81. The predicted octanol–water partition coefficient (Wildman–Crippen LogP) is 6.21. The van der Waals surface area contributed by atoms with Gasteiger partial charge in [0.15, 0.2) is 0 Å². The van der Waals surface area contributed by atoms with E-state index in [1.165, 1.54) is 41.0 Å². The van der Waals surface area contributed by atoms with Crippen LogP contribution in [-0.4, -0.2) is 19.0 Å². The molecule has 1 aliphatic rings. The molecule has 1 N–H and O–H groups in total. The maximum Gasteiger partial charge on any atom is 0.251 e. The standard InChI is InChI=1S/C27H30N2OS/c1-21-5-15-26(16-6-21)31-20-23-7-11-24(12-8-23)27(30)28-19-22-9-13-25(14-10-22)29-17-3-2-4-18-29/h5-16H,2-4,17-20H2,1H3,(H,28,30). The van der Waals surface area contributed by atoms with Gasteiger partial charge >= 0.3 is 0 Å². The second kappa shape index (κ2) is 10.5. The molecule has 0 radical (unpaired) electrons. The normalized spacial score (nSPS) is 13.8. The molecule has 4 rings (SSSR count). The summed E-state index contributed by atoms with van der Waals surface area (Å²) in [4.78, 5) is 16.2. The van der Waals surface area contributed by atoms with Gasteiger partial charge in [0, 0.05) is 41.5 Å². The summed E-state index contributed by atoms with van der Waals surface area (Å²) in [5.74, 6) is 0.867. The number of anilines is 1. The third-order valence-corrected chi connectivity index (χ3v) is 6.84. The SMILES string of the molecule is Cc1ccc(SCc2ccc(C(=O)NCc3ccc(N4CCCCC4)cc3)cc2)cc1. The molecule has 1 amide bonds. The van der Waals surface area contributed by atoms with E-state index in [9.17, 15) is 4.79 Å². The lowest BCUT2D eigenvalue weighted by molar-refractivity contribution is 0.0951. The first kappa shape index (κ1) is 21.5. The topological polar surface area (TPSA) is 32.3 Å². The van der Waals surface area contributed by atoms with Gasteiger partial charge in [-0.2, -0.15) is 0 Å². The van der Waals surface area contributed by atoms with E-state index in [4.69, 9.17) is 0 Å². The number of aryl methyl sites for hydroxylation is 1. The molecular formula is C27H30N2OS. The van der Waals surface area contributed by atoms with E-state index in [1.54, 1.807) is 0 Å². The molecule has 0 bridgehead atoms. The number of hydrogen-bond donors (Lipinski definition) is 1. The van der Waals surface area contributed by atoms with Crippen LogP contribution in [0.4, 0.5) is 5.69 Å². The summed E-state index contributed by atoms with van der Waals surface area (Å²) in [6.07, 6.45) is 3.90. The van der Waals surface area contributed by atoms with E-state index in [2.05, 4.69) is 65.7 Å². The van der Waals surface area contributed by atoms with Crippen LogP contribution in [-0.2, 0) is 12.3 Å². The molecule has 0 saturated carbocycles. The zero-order valence-electron chi connectivity index (χ0n) is 18.1. The molecule has 0 aliphatic carbocycles. The Bertz CT molecular complexity index is 975. The van der Waals surface area contributed by atoms with Crippen molar-refractivity contribution in [3.05, 3.63) is 95.1 Å². The quantitative estimate of drug-likeness (QED) is 0.453. The van der Waals surface area contributed by atoms with Crippen LogP contribution >= 0.6 is 11.8 Å². The number of amides is 1. The second-order valence-electron chi connectivity index (χ2n) is 8.20. The van der Waals surface area contributed by atoms with Gasteiger partial charge in [0.25, 0.3) is 5.91 Å². The van der Waals surface area contributed by atoms with Crippen molar-refractivity contribution in [1.29, 1.82) is 0 Å². The van der Waals surface area contributed by atoms with Crippen molar-refractivity contribution in [3.8, 4) is 0 Å². The van der Waals surface area contributed by atoms with Gasteiger partial charge < -0.3 is 10.2 Å². The van der Waals surface area contributed by atoms with Crippen molar-refractivity contribution in [2.75, 3.05) is 18.0 Å². The van der Waals surface area contributed by atoms with Crippen molar-refractivity contribution >= 4 is 23.4 Å². The summed E-state index contributed by atoms with van der Waals surface area (Å²) in [6.45, 7) is 4.94. The Kier molecular flexibility index (Phi) is 7.31. The summed E-state index contributed by atoms with van der Waals surface area (Å²) in [5.41, 5.74) is 5.61. The molecule has 4 heteroatoms. The highest BCUT2D eigenvalue weighted by Gasteiger charge is 2.11. The Hall–Kier alpha value is -2.72. The van der Waals surface area contributed by atoms with E-state index < -0.39 is 0 Å². The van der Waals surface area contributed by atoms with Crippen molar-refractivity contribution in [1.82, 2.24) is 5.32 Å². The molecule has 160 valence electrons. The Morgan fingerprint density at radius 3 is 2.16 bits per heavy atom. The second-order valence-corrected chi connectivity index (χ2v) is 9.24. The number of carbonyl (C=O) groups is 1. The molecule has 1 saturated heterocycles. The van der Waals surface area contributed by atoms with Crippen LogP contribution in [0.2, 0.25) is 0 Å². The van der Waals surface area contributed by atoms with E-state index in [-0.39, 0.29) is 5.91 Å². The molecule has 3 aromatic carbocycles. The summed E-state index contributed by atoms with van der Waals surface area (Å²) in [6, 6.07) is 25.1. The minimum absolute atomic E-state index is 0.0298. The van der Waals surface area contributed by atoms with Crippen molar-refractivity contribution in [2.45, 2.75) is 43.4 Å². The van der Waals surface area contributed by atoms with E-state index >= 15 is 0 Å². The number of nitrogens with zero attached hydrogens (tertiary/aromatic N) is 1. The number of rotatable bonds is 7. The zero-order valence-corrected chi connectivity index (χ0v) is 19.0. The fraction of sp³-hybridized carbons (Fsp3) is 0.296. The van der Waals surface area contributed by atoms with E-state index in [1.807, 2.05) is 36.0 Å². The third-order valence-electron chi connectivity index (χ3n) is 5.75. The molecule has 1 aliphatic heterocycles. The Morgan fingerprint density at radius 1 is 0.839 bits per heavy atom. The van der Waals surface area contributed by atoms with Crippen LogP contribution in [0.25, 0.3) is 0 Å². The highest BCUT2D eigenvalue weighted by molar-refractivity contribution is 7.98. The van der Waals surface area contributed by atoms with Crippen LogP contribution in [0.15, 0.2) is 77.7 Å². The van der Waals surface area contributed by atoms with Crippen molar-refractivity contribution in [3.63, 3.8) is 0 Å². The summed E-state index contributed by atoms with van der Waals surface area (Å²) in [7, 11) is 0.